The lowest BCUT2D eigenvalue weighted by Gasteiger charge is -2.17. The molecular weight excluding hydrogens is 384 g/mol. The second-order valence-corrected chi connectivity index (χ2v) is 6.97. The van der Waals surface area contributed by atoms with Crippen LogP contribution in [-0.4, -0.2) is 13.2 Å². The molecule has 1 aromatic rings. The standard InChI is InChI=1S/C15H20Br2N2O/c1-4-19-9-11-7-12(16)14(13(17)8-11)20-6-5-15(2,3)10-18/h7-8,19H,4-6,9H2,1-3H3. The summed E-state index contributed by atoms with van der Waals surface area (Å²) in [5.41, 5.74) is 0.833. The second-order valence-electron chi connectivity index (χ2n) is 5.26. The molecule has 0 bridgehead atoms. The van der Waals surface area contributed by atoms with Crippen LogP contribution in [0.3, 0.4) is 0 Å². The van der Waals surface area contributed by atoms with Crippen LogP contribution in [0.25, 0.3) is 0 Å². The van der Waals surface area contributed by atoms with E-state index in [9.17, 15) is 0 Å². The first-order valence-corrected chi connectivity index (χ1v) is 8.21. The molecule has 0 aliphatic heterocycles. The summed E-state index contributed by atoms with van der Waals surface area (Å²) in [5.74, 6) is 0.791. The van der Waals surface area contributed by atoms with Crippen molar-refractivity contribution < 1.29 is 4.74 Å². The summed E-state index contributed by atoms with van der Waals surface area (Å²) < 4.78 is 7.65. The lowest BCUT2D eigenvalue weighted by molar-refractivity contribution is 0.261. The Labute approximate surface area is 138 Å². The zero-order valence-corrected chi connectivity index (χ0v) is 15.3. The van der Waals surface area contributed by atoms with E-state index in [1.807, 2.05) is 13.8 Å². The minimum Gasteiger partial charge on any atom is -0.491 e. The van der Waals surface area contributed by atoms with Gasteiger partial charge in [-0.15, -0.1) is 0 Å². The minimum absolute atomic E-state index is 0.357. The number of nitrogens with zero attached hydrogens (tertiary/aromatic N) is 1. The van der Waals surface area contributed by atoms with Gasteiger partial charge >= 0.3 is 0 Å². The number of hydrogen-bond donors (Lipinski definition) is 1. The largest absolute Gasteiger partial charge is 0.491 e. The molecule has 1 N–H and O–H groups in total. The number of nitrogens with one attached hydrogen (secondary N) is 1. The third-order valence-electron chi connectivity index (χ3n) is 2.91. The highest BCUT2D eigenvalue weighted by molar-refractivity contribution is 9.11. The molecular formula is C15H20Br2N2O. The van der Waals surface area contributed by atoms with Crippen molar-refractivity contribution in [1.82, 2.24) is 5.32 Å². The Hall–Kier alpha value is -0.570. The fourth-order valence-corrected chi connectivity index (χ4v) is 3.10. The van der Waals surface area contributed by atoms with E-state index in [-0.39, 0.29) is 5.41 Å². The van der Waals surface area contributed by atoms with Crippen LogP contribution < -0.4 is 10.1 Å². The summed E-state index contributed by atoms with van der Waals surface area (Å²) in [6, 6.07) is 6.38. The molecule has 0 fully saturated rings. The van der Waals surface area contributed by atoms with Crippen LogP contribution in [0.4, 0.5) is 0 Å². The number of nitriles is 1. The molecule has 0 aliphatic rings. The van der Waals surface area contributed by atoms with E-state index >= 15 is 0 Å². The fourth-order valence-electron chi connectivity index (χ4n) is 1.59. The number of rotatable bonds is 7. The van der Waals surface area contributed by atoms with Crippen molar-refractivity contribution in [2.75, 3.05) is 13.2 Å². The number of hydrogen-bond acceptors (Lipinski definition) is 3. The molecule has 0 unspecified atom stereocenters. The summed E-state index contributed by atoms with van der Waals surface area (Å²) in [7, 11) is 0. The molecule has 0 aliphatic carbocycles. The molecule has 3 nitrogen and oxygen atoms in total. The summed E-state index contributed by atoms with van der Waals surface area (Å²) in [4.78, 5) is 0. The van der Waals surface area contributed by atoms with Gasteiger partial charge in [-0.05, 0) is 76.4 Å². The van der Waals surface area contributed by atoms with Crippen molar-refractivity contribution in [3.05, 3.63) is 26.6 Å². The van der Waals surface area contributed by atoms with Crippen LogP contribution in [0.15, 0.2) is 21.1 Å². The topological polar surface area (TPSA) is 45.0 Å². The Morgan fingerprint density at radius 3 is 2.40 bits per heavy atom. The predicted octanol–water partition coefficient (Wildman–Crippen LogP) is 4.64. The van der Waals surface area contributed by atoms with Crippen molar-refractivity contribution in [1.29, 1.82) is 5.26 Å². The Morgan fingerprint density at radius 2 is 1.90 bits per heavy atom. The van der Waals surface area contributed by atoms with Crippen LogP contribution in [0.2, 0.25) is 0 Å². The van der Waals surface area contributed by atoms with Crippen molar-refractivity contribution in [3.8, 4) is 11.8 Å². The summed E-state index contributed by atoms with van der Waals surface area (Å²) >= 11 is 7.08. The van der Waals surface area contributed by atoms with Gasteiger partial charge in [0.1, 0.15) is 5.75 Å². The molecule has 1 aromatic carbocycles. The van der Waals surface area contributed by atoms with Crippen molar-refractivity contribution in [2.45, 2.75) is 33.7 Å². The van der Waals surface area contributed by atoms with Crippen LogP contribution in [0.5, 0.6) is 5.75 Å². The van der Waals surface area contributed by atoms with Gasteiger partial charge in [-0.25, -0.2) is 0 Å². The van der Waals surface area contributed by atoms with Gasteiger partial charge in [-0.2, -0.15) is 5.26 Å². The summed E-state index contributed by atoms with van der Waals surface area (Å²) in [5, 5.41) is 12.3. The first kappa shape index (κ1) is 17.5. The van der Waals surface area contributed by atoms with Gasteiger partial charge in [-0.1, -0.05) is 6.92 Å². The number of ether oxygens (including phenoxy) is 1. The smallest absolute Gasteiger partial charge is 0.147 e. The SMILES string of the molecule is CCNCc1cc(Br)c(OCCC(C)(C)C#N)c(Br)c1. The minimum atomic E-state index is -0.357. The monoisotopic (exact) mass is 402 g/mol. The average Bonchev–Trinajstić information content (AvgIpc) is 2.39. The molecule has 0 radical (unpaired) electrons. The fraction of sp³-hybridized carbons (Fsp3) is 0.533. The van der Waals surface area contributed by atoms with Gasteiger partial charge < -0.3 is 10.1 Å². The van der Waals surface area contributed by atoms with E-state index in [1.54, 1.807) is 0 Å². The summed E-state index contributed by atoms with van der Waals surface area (Å²) in [6.07, 6.45) is 0.696. The normalized spacial score (nSPS) is 11.2. The van der Waals surface area contributed by atoms with Crippen molar-refractivity contribution >= 4 is 31.9 Å². The van der Waals surface area contributed by atoms with E-state index in [4.69, 9.17) is 10.00 Å². The van der Waals surface area contributed by atoms with Gasteiger partial charge in [0.2, 0.25) is 0 Å². The molecule has 1 rings (SSSR count). The van der Waals surface area contributed by atoms with Crippen LogP contribution in [-0.2, 0) is 6.54 Å². The zero-order chi connectivity index (χ0) is 15.2. The molecule has 5 heteroatoms. The van der Waals surface area contributed by atoms with Gasteiger partial charge in [0.05, 0.1) is 27.0 Å². The predicted molar refractivity (Wildman–Crippen MR) is 88.7 cm³/mol. The van der Waals surface area contributed by atoms with Gasteiger partial charge in [-0.3, -0.25) is 0 Å². The van der Waals surface area contributed by atoms with E-state index in [2.05, 4.69) is 62.3 Å². The van der Waals surface area contributed by atoms with Crippen LogP contribution >= 0.6 is 31.9 Å². The number of halogens is 2. The van der Waals surface area contributed by atoms with Crippen LogP contribution in [0, 0.1) is 16.7 Å². The molecule has 0 saturated heterocycles. The van der Waals surface area contributed by atoms with E-state index in [0.717, 1.165) is 27.8 Å². The molecule has 0 heterocycles. The first-order chi connectivity index (χ1) is 9.39. The molecule has 0 amide bonds. The molecule has 20 heavy (non-hydrogen) atoms. The maximum absolute atomic E-state index is 8.99. The highest BCUT2D eigenvalue weighted by atomic mass is 79.9. The quantitative estimate of drug-likeness (QED) is 0.721. The van der Waals surface area contributed by atoms with Crippen LogP contribution in [0.1, 0.15) is 32.8 Å². The molecule has 0 aromatic heterocycles. The molecule has 0 saturated carbocycles. The highest BCUT2D eigenvalue weighted by Gasteiger charge is 2.17. The van der Waals surface area contributed by atoms with Gasteiger partial charge in [0.25, 0.3) is 0 Å². The molecule has 110 valence electrons. The lowest BCUT2D eigenvalue weighted by atomic mass is 9.92. The Balaban J connectivity index is 2.70. The van der Waals surface area contributed by atoms with E-state index in [0.29, 0.717) is 13.0 Å². The van der Waals surface area contributed by atoms with Gasteiger partial charge in [0.15, 0.2) is 0 Å². The third kappa shape index (κ3) is 5.43. The lowest BCUT2D eigenvalue weighted by Crippen LogP contribution is -2.14. The van der Waals surface area contributed by atoms with Crippen molar-refractivity contribution in [2.24, 2.45) is 5.41 Å². The average molecular weight is 404 g/mol. The first-order valence-electron chi connectivity index (χ1n) is 6.62. The summed E-state index contributed by atoms with van der Waals surface area (Å²) in [6.45, 7) is 8.20. The maximum Gasteiger partial charge on any atom is 0.147 e. The van der Waals surface area contributed by atoms with E-state index in [1.165, 1.54) is 5.56 Å². The molecule has 0 atom stereocenters. The Kier molecular flexibility index (Phi) is 7.01. The number of benzene rings is 1. The zero-order valence-electron chi connectivity index (χ0n) is 12.1. The van der Waals surface area contributed by atoms with E-state index < -0.39 is 0 Å². The highest BCUT2D eigenvalue weighted by Crippen LogP contribution is 2.35. The maximum atomic E-state index is 8.99. The Bertz CT molecular complexity index is 472. The molecule has 0 spiro atoms. The Morgan fingerprint density at radius 1 is 1.30 bits per heavy atom. The van der Waals surface area contributed by atoms with Gasteiger partial charge in [0, 0.05) is 6.54 Å². The van der Waals surface area contributed by atoms with Crippen molar-refractivity contribution in [3.63, 3.8) is 0 Å². The second kappa shape index (κ2) is 8.02. The third-order valence-corrected chi connectivity index (χ3v) is 4.09.